The minimum Gasteiger partial charge on any atom is -0.384 e. The van der Waals surface area contributed by atoms with Crippen molar-refractivity contribution in [3.8, 4) is 0 Å². The molecule has 0 aliphatic carbocycles. The van der Waals surface area contributed by atoms with E-state index < -0.39 is 0 Å². The summed E-state index contributed by atoms with van der Waals surface area (Å²) in [6.07, 6.45) is 0.445. The van der Waals surface area contributed by atoms with Gasteiger partial charge in [0.25, 0.3) is 0 Å². The molecule has 0 aliphatic rings. The van der Waals surface area contributed by atoms with Gasteiger partial charge in [-0.3, -0.25) is 4.79 Å². The molecule has 0 radical (unpaired) electrons. The zero-order chi connectivity index (χ0) is 16.1. The quantitative estimate of drug-likeness (QED) is 0.860. The predicted molar refractivity (Wildman–Crippen MR) is 93.6 cm³/mol. The minimum atomic E-state index is 0.0317. The Morgan fingerprint density at radius 2 is 1.41 bits per heavy atom. The lowest BCUT2D eigenvalue weighted by molar-refractivity contribution is -0.115. The van der Waals surface area contributed by atoms with Crippen LogP contribution in [0, 0.1) is 27.7 Å². The summed E-state index contributed by atoms with van der Waals surface area (Å²) < 4.78 is 0. The van der Waals surface area contributed by atoms with Gasteiger partial charge in [0.2, 0.25) is 5.91 Å². The first-order valence-electron chi connectivity index (χ1n) is 7.64. The SMILES string of the molecule is Cc1ccc(NCCC(=O)Nc2ccc(C)cc2C)c(C)c1. The third-order valence-electron chi connectivity index (χ3n) is 3.71. The van der Waals surface area contributed by atoms with Crippen molar-refractivity contribution in [1.82, 2.24) is 0 Å². The summed E-state index contributed by atoms with van der Waals surface area (Å²) >= 11 is 0. The molecule has 116 valence electrons. The Balaban J connectivity index is 1.85. The highest BCUT2D eigenvalue weighted by Gasteiger charge is 2.05. The molecule has 2 rings (SSSR count). The molecular weight excluding hydrogens is 272 g/mol. The molecule has 0 atom stereocenters. The van der Waals surface area contributed by atoms with Crippen LogP contribution in [0.2, 0.25) is 0 Å². The van der Waals surface area contributed by atoms with Gasteiger partial charge in [-0.15, -0.1) is 0 Å². The molecule has 2 N–H and O–H groups in total. The molecule has 0 heterocycles. The summed E-state index contributed by atoms with van der Waals surface area (Å²) in [5, 5.41) is 6.29. The molecule has 0 bridgehead atoms. The number of benzene rings is 2. The van der Waals surface area contributed by atoms with Crippen molar-refractivity contribution in [2.45, 2.75) is 34.1 Å². The Bertz CT molecular complexity index is 677. The molecule has 0 aliphatic heterocycles. The summed E-state index contributed by atoms with van der Waals surface area (Å²) in [6, 6.07) is 12.3. The molecule has 0 unspecified atom stereocenters. The highest BCUT2D eigenvalue weighted by molar-refractivity contribution is 5.91. The maximum atomic E-state index is 12.0. The molecular formula is C19H24N2O. The first-order valence-corrected chi connectivity index (χ1v) is 7.64. The normalized spacial score (nSPS) is 10.4. The Morgan fingerprint density at radius 3 is 1.95 bits per heavy atom. The second kappa shape index (κ2) is 7.12. The van der Waals surface area contributed by atoms with Gasteiger partial charge < -0.3 is 10.6 Å². The maximum absolute atomic E-state index is 12.0. The van der Waals surface area contributed by atoms with E-state index in [4.69, 9.17) is 0 Å². The van der Waals surface area contributed by atoms with E-state index >= 15 is 0 Å². The van der Waals surface area contributed by atoms with Crippen LogP contribution in [0.25, 0.3) is 0 Å². The number of anilines is 2. The number of carbonyl (C=O) groups excluding carboxylic acids is 1. The van der Waals surface area contributed by atoms with E-state index in [2.05, 4.69) is 48.7 Å². The molecule has 1 amide bonds. The van der Waals surface area contributed by atoms with E-state index in [9.17, 15) is 4.79 Å². The number of carbonyl (C=O) groups is 1. The van der Waals surface area contributed by atoms with Crippen molar-refractivity contribution in [2.24, 2.45) is 0 Å². The number of amides is 1. The Hall–Kier alpha value is -2.29. The van der Waals surface area contributed by atoms with Crippen LogP contribution in [0.5, 0.6) is 0 Å². The molecule has 3 heteroatoms. The fourth-order valence-electron chi connectivity index (χ4n) is 2.49. The molecule has 0 saturated carbocycles. The standard InChI is InChI=1S/C19H24N2O/c1-13-5-7-17(15(3)11-13)20-10-9-19(22)21-18-8-6-14(2)12-16(18)4/h5-8,11-12,20H,9-10H2,1-4H3,(H,21,22). The smallest absolute Gasteiger partial charge is 0.226 e. The van der Waals surface area contributed by atoms with Crippen LogP contribution in [0.4, 0.5) is 11.4 Å². The van der Waals surface area contributed by atoms with Crippen molar-refractivity contribution < 1.29 is 4.79 Å². The summed E-state index contributed by atoms with van der Waals surface area (Å²) in [5.41, 5.74) is 6.72. The van der Waals surface area contributed by atoms with Crippen molar-refractivity contribution in [1.29, 1.82) is 0 Å². The third-order valence-corrected chi connectivity index (χ3v) is 3.71. The predicted octanol–water partition coefficient (Wildman–Crippen LogP) is 4.36. The van der Waals surface area contributed by atoms with Crippen molar-refractivity contribution >= 4 is 17.3 Å². The van der Waals surface area contributed by atoms with E-state index in [1.165, 1.54) is 16.7 Å². The zero-order valence-corrected chi connectivity index (χ0v) is 13.8. The average Bonchev–Trinajstić information content (AvgIpc) is 2.44. The monoisotopic (exact) mass is 296 g/mol. The van der Waals surface area contributed by atoms with Crippen LogP contribution in [0.15, 0.2) is 36.4 Å². The molecule has 2 aromatic rings. The van der Waals surface area contributed by atoms with Crippen LogP contribution in [-0.2, 0) is 4.79 Å². The molecule has 0 saturated heterocycles. The van der Waals surface area contributed by atoms with Gasteiger partial charge in [-0.1, -0.05) is 35.4 Å². The van der Waals surface area contributed by atoms with E-state index in [0.29, 0.717) is 13.0 Å². The largest absolute Gasteiger partial charge is 0.384 e. The Labute approximate surface area is 132 Å². The summed E-state index contributed by atoms with van der Waals surface area (Å²) in [7, 11) is 0. The van der Waals surface area contributed by atoms with Gasteiger partial charge in [-0.05, 0) is 51.0 Å². The molecule has 0 aromatic heterocycles. The first-order chi connectivity index (χ1) is 10.5. The number of nitrogens with one attached hydrogen (secondary N) is 2. The summed E-state index contributed by atoms with van der Waals surface area (Å²) in [4.78, 5) is 12.0. The second-order valence-electron chi connectivity index (χ2n) is 5.86. The van der Waals surface area contributed by atoms with Crippen molar-refractivity contribution in [3.63, 3.8) is 0 Å². The lowest BCUT2D eigenvalue weighted by atomic mass is 10.1. The zero-order valence-electron chi connectivity index (χ0n) is 13.8. The molecule has 0 fully saturated rings. The van der Waals surface area contributed by atoms with Gasteiger partial charge in [0.15, 0.2) is 0 Å². The van der Waals surface area contributed by atoms with Crippen LogP contribution in [-0.4, -0.2) is 12.5 Å². The highest BCUT2D eigenvalue weighted by Crippen LogP contribution is 2.17. The highest BCUT2D eigenvalue weighted by atomic mass is 16.1. The van der Waals surface area contributed by atoms with E-state index in [1.54, 1.807) is 0 Å². The van der Waals surface area contributed by atoms with Crippen LogP contribution in [0.3, 0.4) is 0 Å². The van der Waals surface area contributed by atoms with E-state index in [-0.39, 0.29) is 5.91 Å². The maximum Gasteiger partial charge on any atom is 0.226 e. The summed E-state index contributed by atoms with van der Waals surface area (Å²) in [6.45, 7) is 8.84. The van der Waals surface area contributed by atoms with Crippen molar-refractivity contribution in [3.05, 3.63) is 58.7 Å². The first kappa shape index (κ1) is 16.1. The van der Waals surface area contributed by atoms with E-state index in [0.717, 1.165) is 16.9 Å². The summed E-state index contributed by atoms with van der Waals surface area (Å²) in [5.74, 6) is 0.0317. The third kappa shape index (κ3) is 4.35. The van der Waals surface area contributed by atoms with Gasteiger partial charge in [-0.2, -0.15) is 0 Å². The van der Waals surface area contributed by atoms with Crippen molar-refractivity contribution in [2.75, 3.05) is 17.2 Å². The van der Waals surface area contributed by atoms with E-state index in [1.807, 2.05) is 26.0 Å². The average molecular weight is 296 g/mol. The van der Waals surface area contributed by atoms with Crippen LogP contribution in [0.1, 0.15) is 28.7 Å². The van der Waals surface area contributed by atoms with Gasteiger partial charge in [-0.25, -0.2) is 0 Å². The molecule has 3 nitrogen and oxygen atoms in total. The van der Waals surface area contributed by atoms with Gasteiger partial charge >= 0.3 is 0 Å². The molecule has 22 heavy (non-hydrogen) atoms. The lowest BCUT2D eigenvalue weighted by Crippen LogP contribution is -2.17. The number of rotatable bonds is 5. The molecule has 0 spiro atoms. The number of hydrogen-bond donors (Lipinski definition) is 2. The van der Waals surface area contributed by atoms with Crippen LogP contribution < -0.4 is 10.6 Å². The Morgan fingerprint density at radius 1 is 0.864 bits per heavy atom. The number of hydrogen-bond acceptors (Lipinski definition) is 2. The Kier molecular flexibility index (Phi) is 5.21. The van der Waals surface area contributed by atoms with Gasteiger partial charge in [0.05, 0.1) is 0 Å². The topological polar surface area (TPSA) is 41.1 Å². The number of aryl methyl sites for hydroxylation is 4. The fraction of sp³-hybridized carbons (Fsp3) is 0.316. The minimum absolute atomic E-state index is 0.0317. The van der Waals surface area contributed by atoms with Crippen LogP contribution >= 0.6 is 0 Å². The lowest BCUT2D eigenvalue weighted by Gasteiger charge is -2.11. The fourth-order valence-corrected chi connectivity index (χ4v) is 2.49. The second-order valence-corrected chi connectivity index (χ2v) is 5.86. The van der Waals surface area contributed by atoms with Gasteiger partial charge in [0.1, 0.15) is 0 Å². The van der Waals surface area contributed by atoms with Gasteiger partial charge in [0, 0.05) is 24.3 Å². The molecule has 2 aromatic carbocycles.